The van der Waals surface area contributed by atoms with Crippen LogP contribution in [-0.2, 0) is 9.53 Å². The molecule has 250 valence electrons. The molecule has 0 aliphatic heterocycles. The van der Waals surface area contributed by atoms with Crippen LogP contribution >= 0.6 is 0 Å². The van der Waals surface area contributed by atoms with Crippen LogP contribution in [0.25, 0.3) is 0 Å². The topological polar surface area (TPSA) is 46.5 Å². The Hall–Kier alpha value is -1.25. The molecular weight excluding hydrogens is 516 g/mol. The van der Waals surface area contributed by atoms with Crippen molar-refractivity contribution in [1.29, 1.82) is 0 Å². The van der Waals surface area contributed by atoms with Gasteiger partial charge in [-0.15, -0.1) is 0 Å². The van der Waals surface area contributed by atoms with E-state index in [0.29, 0.717) is 0 Å². The van der Waals surface area contributed by atoms with Gasteiger partial charge in [0.25, 0.3) is 0 Å². The first kappa shape index (κ1) is 42.9. The number of carboxylic acids is 1. The summed E-state index contributed by atoms with van der Waals surface area (Å²) in [5, 5.41) is 7.72. The van der Waals surface area contributed by atoms with Crippen LogP contribution in [0, 0.1) is 0 Å². The van der Waals surface area contributed by atoms with E-state index in [1.165, 1.54) is 180 Å². The molecule has 0 saturated heterocycles. The van der Waals surface area contributed by atoms with Crippen molar-refractivity contribution in [2.75, 3.05) is 0 Å². The maximum Gasteiger partial charge on any atom is 0.303 e. The quantitative estimate of drug-likeness (QED) is 0.0609. The molecule has 0 spiro atoms. The first-order valence-corrected chi connectivity index (χ1v) is 18.7. The Labute approximate surface area is 264 Å². The van der Waals surface area contributed by atoms with Crippen molar-refractivity contribution < 1.29 is 14.6 Å². The summed E-state index contributed by atoms with van der Waals surface area (Å²) < 4.78 is 5.89. The molecule has 0 rings (SSSR count). The highest BCUT2D eigenvalue weighted by molar-refractivity contribution is 5.66. The highest BCUT2D eigenvalue weighted by Crippen LogP contribution is 2.19. The van der Waals surface area contributed by atoms with Crippen molar-refractivity contribution in [3.05, 3.63) is 24.7 Å². The number of carboxylic acid groups (broad SMARTS) is 1. The largest absolute Gasteiger partial charge is 0.481 e. The second-order valence-electron chi connectivity index (χ2n) is 12.6. The number of allylic oxidation sites excluding steroid dienone is 2. The Bertz CT molecular complexity index is 526. The van der Waals surface area contributed by atoms with E-state index in [2.05, 4.69) is 27.0 Å². The second kappa shape index (κ2) is 37.8. The van der Waals surface area contributed by atoms with Crippen LogP contribution in [-0.4, -0.2) is 11.1 Å². The van der Waals surface area contributed by atoms with Crippen molar-refractivity contribution in [1.82, 2.24) is 0 Å². The minimum atomic E-state index is -0.745. The third-order valence-electron chi connectivity index (χ3n) is 8.21. The fourth-order valence-electron chi connectivity index (χ4n) is 5.34. The van der Waals surface area contributed by atoms with Crippen LogP contribution in [0.4, 0.5) is 0 Å². The monoisotopic (exact) mass is 593 g/mol. The Morgan fingerprint density at radius 2 is 0.619 bits per heavy atom. The zero-order valence-electron chi connectivity index (χ0n) is 29.1. The van der Waals surface area contributed by atoms with Gasteiger partial charge in [0.15, 0.2) is 0 Å². The number of unbranched alkanes of at least 4 members (excludes halogenated alkanes) is 26. The minimum Gasteiger partial charge on any atom is -0.481 e. The average molecular weight is 593 g/mol. The van der Waals surface area contributed by atoms with Crippen molar-refractivity contribution in [3.63, 3.8) is 0 Å². The van der Waals surface area contributed by atoms with Gasteiger partial charge in [-0.2, -0.15) is 0 Å². The Balaban J connectivity index is 0. The van der Waals surface area contributed by atoms with Gasteiger partial charge in [0.05, 0.1) is 11.5 Å². The predicted octanol–water partition coefficient (Wildman–Crippen LogP) is 14.3. The molecule has 0 aromatic rings. The third-order valence-corrected chi connectivity index (χ3v) is 8.21. The summed E-state index contributed by atoms with van der Waals surface area (Å²) in [5.74, 6) is 1.11. The van der Waals surface area contributed by atoms with Crippen molar-refractivity contribution >= 4 is 5.97 Å². The fourth-order valence-corrected chi connectivity index (χ4v) is 5.34. The number of hydrogen-bond donors (Lipinski definition) is 1. The lowest BCUT2D eigenvalue weighted by Gasteiger charge is -2.11. The van der Waals surface area contributed by atoms with Gasteiger partial charge in [0.1, 0.15) is 0 Å². The number of rotatable bonds is 33. The van der Waals surface area contributed by atoms with E-state index in [1.54, 1.807) is 6.92 Å². The van der Waals surface area contributed by atoms with Crippen molar-refractivity contribution in [2.24, 2.45) is 0 Å². The highest BCUT2D eigenvalue weighted by Gasteiger charge is 2.02. The SMILES string of the molecule is C=C(CCCCCCCCCCCCCCCC)OC(=C)CCCCCCCCCCCCCCCC.CCC(=O)O. The van der Waals surface area contributed by atoms with Crippen LogP contribution in [0.15, 0.2) is 24.7 Å². The molecule has 0 amide bonds. The molecule has 0 fully saturated rings. The second-order valence-corrected chi connectivity index (χ2v) is 12.6. The lowest BCUT2D eigenvalue weighted by molar-refractivity contribution is -0.136. The Morgan fingerprint density at radius 3 is 0.810 bits per heavy atom. The van der Waals surface area contributed by atoms with Gasteiger partial charge in [0.2, 0.25) is 0 Å². The molecule has 0 unspecified atom stereocenters. The summed E-state index contributed by atoms with van der Waals surface area (Å²) in [6.07, 6.45) is 41.5. The molecule has 0 heterocycles. The van der Waals surface area contributed by atoms with Gasteiger partial charge in [0, 0.05) is 19.3 Å². The average Bonchev–Trinajstić information content (AvgIpc) is 2.97. The van der Waals surface area contributed by atoms with Crippen molar-refractivity contribution in [2.45, 2.75) is 220 Å². The lowest BCUT2D eigenvalue weighted by atomic mass is 10.0. The van der Waals surface area contributed by atoms with E-state index in [0.717, 1.165) is 24.4 Å². The number of ether oxygens (including phenoxy) is 1. The molecule has 0 aromatic carbocycles. The van der Waals surface area contributed by atoms with Crippen LogP contribution in [0.3, 0.4) is 0 Å². The number of carbonyl (C=O) groups is 1. The van der Waals surface area contributed by atoms with Crippen LogP contribution in [0.2, 0.25) is 0 Å². The van der Waals surface area contributed by atoms with Crippen molar-refractivity contribution in [3.8, 4) is 0 Å². The lowest BCUT2D eigenvalue weighted by Crippen LogP contribution is -1.93. The molecule has 3 nitrogen and oxygen atoms in total. The van der Waals surface area contributed by atoms with E-state index < -0.39 is 5.97 Å². The van der Waals surface area contributed by atoms with Gasteiger partial charge in [-0.3, -0.25) is 4.79 Å². The van der Waals surface area contributed by atoms with E-state index in [-0.39, 0.29) is 6.42 Å². The minimum absolute atomic E-state index is 0.222. The van der Waals surface area contributed by atoms with Gasteiger partial charge in [-0.1, -0.05) is 201 Å². The third kappa shape index (κ3) is 40.9. The molecule has 3 heteroatoms. The van der Waals surface area contributed by atoms with E-state index >= 15 is 0 Å². The van der Waals surface area contributed by atoms with Gasteiger partial charge in [-0.25, -0.2) is 0 Å². The smallest absolute Gasteiger partial charge is 0.303 e. The normalized spacial score (nSPS) is 10.7. The molecule has 0 aliphatic carbocycles. The zero-order valence-corrected chi connectivity index (χ0v) is 29.1. The summed E-state index contributed by atoms with van der Waals surface area (Å²) in [5.41, 5.74) is 0. The maximum absolute atomic E-state index is 9.37. The van der Waals surface area contributed by atoms with Crippen LogP contribution in [0.1, 0.15) is 220 Å². The summed E-state index contributed by atoms with van der Waals surface area (Å²) in [7, 11) is 0. The van der Waals surface area contributed by atoms with E-state index in [9.17, 15) is 4.79 Å². The molecule has 0 radical (unpaired) electrons. The number of aliphatic carboxylic acids is 1. The fraction of sp³-hybridized carbons (Fsp3) is 0.872. The molecule has 42 heavy (non-hydrogen) atoms. The van der Waals surface area contributed by atoms with Crippen LogP contribution in [0.5, 0.6) is 0 Å². The first-order chi connectivity index (χ1) is 20.5. The molecule has 0 aromatic heterocycles. The summed E-state index contributed by atoms with van der Waals surface area (Å²) in [6.45, 7) is 14.4. The molecule has 0 bridgehead atoms. The number of hydrogen-bond acceptors (Lipinski definition) is 2. The predicted molar refractivity (Wildman–Crippen MR) is 187 cm³/mol. The molecule has 0 aliphatic rings. The summed E-state index contributed by atoms with van der Waals surface area (Å²) in [4.78, 5) is 9.37. The molecule has 1 N–H and O–H groups in total. The van der Waals surface area contributed by atoms with Gasteiger partial charge in [-0.05, 0) is 12.8 Å². The van der Waals surface area contributed by atoms with E-state index in [4.69, 9.17) is 9.84 Å². The van der Waals surface area contributed by atoms with Crippen LogP contribution < -0.4 is 0 Å². The molecule has 0 saturated carbocycles. The van der Waals surface area contributed by atoms with Gasteiger partial charge >= 0.3 is 5.97 Å². The molecular formula is C39H76O3. The first-order valence-electron chi connectivity index (χ1n) is 18.7. The Kier molecular flexibility index (Phi) is 38.6. The highest BCUT2D eigenvalue weighted by atomic mass is 16.5. The summed E-state index contributed by atoms with van der Waals surface area (Å²) in [6, 6.07) is 0. The van der Waals surface area contributed by atoms with Gasteiger partial charge < -0.3 is 9.84 Å². The molecule has 0 atom stereocenters. The summed E-state index contributed by atoms with van der Waals surface area (Å²) >= 11 is 0. The van der Waals surface area contributed by atoms with E-state index in [1.807, 2.05) is 0 Å². The maximum atomic E-state index is 9.37. The standard InChI is InChI=1S/C36H70O.C3H6O2/c1-5-7-9-11-13-15-17-19-21-23-25-27-29-31-33-35(3)37-36(4)34-32-30-28-26-24-22-20-18-16-14-12-10-8-6-2;1-2-3(4)5/h3-34H2,1-2H3;2H2,1H3,(H,4,5). The zero-order chi connectivity index (χ0) is 31.4. The Morgan fingerprint density at radius 1 is 0.429 bits per heavy atom.